The van der Waals surface area contributed by atoms with Crippen molar-refractivity contribution >= 4 is 5.91 Å². The van der Waals surface area contributed by atoms with Gasteiger partial charge in [-0.25, -0.2) is 0 Å². The first-order valence-corrected chi connectivity index (χ1v) is 7.95. The molecule has 1 aromatic rings. The molecule has 0 spiro atoms. The van der Waals surface area contributed by atoms with Gasteiger partial charge in [-0.05, 0) is 32.1 Å². The highest BCUT2D eigenvalue weighted by atomic mass is 16.5. The predicted octanol–water partition coefficient (Wildman–Crippen LogP) is 1.41. The lowest BCUT2D eigenvalue weighted by Crippen LogP contribution is -2.46. The van der Waals surface area contributed by atoms with Crippen LogP contribution in [-0.4, -0.2) is 68.8 Å². The quantitative estimate of drug-likeness (QED) is 0.843. The van der Waals surface area contributed by atoms with Crippen molar-refractivity contribution in [2.45, 2.75) is 18.9 Å². The topological polar surface area (TPSA) is 42.0 Å². The highest BCUT2D eigenvalue weighted by Crippen LogP contribution is 2.30. The van der Waals surface area contributed by atoms with Crippen LogP contribution in [-0.2, 0) is 11.2 Å². The Labute approximate surface area is 131 Å². The molecule has 2 heterocycles. The van der Waals surface area contributed by atoms with E-state index in [1.165, 1.54) is 0 Å². The van der Waals surface area contributed by atoms with Crippen molar-refractivity contribution < 1.29 is 14.3 Å². The van der Waals surface area contributed by atoms with Crippen molar-refractivity contribution in [3.63, 3.8) is 0 Å². The molecule has 0 unspecified atom stereocenters. The van der Waals surface area contributed by atoms with Crippen molar-refractivity contribution in [2.75, 3.05) is 46.9 Å². The molecular formula is C17H24N2O3. The summed E-state index contributed by atoms with van der Waals surface area (Å²) in [7, 11) is 4.10. The zero-order valence-electron chi connectivity index (χ0n) is 13.4. The minimum absolute atomic E-state index is 0.0666. The molecule has 2 aliphatic heterocycles. The number of para-hydroxylation sites is 1. The molecule has 0 saturated carbocycles. The molecule has 0 aromatic heterocycles. The number of fused-ring (bicyclic) bond motifs is 1. The van der Waals surface area contributed by atoms with Gasteiger partial charge in [0.1, 0.15) is 5.75 Å². The summed E-state index contributed by atoms with van der Waals surface area (Å²) in [5.74, 6) is 0.848. The molecule has 22 heavy (non-hydrogen) atoms. The van der Waals surface area contributed by atoms with Gasteiger partial charge in [0.15, 0.2) is 0 Å². The van der Waals surface area contributed by atoms with Gasteiger partial charge in [0.05, 0.1) is 24.9 Å². The molecule has 2 aliphatic rings. The number of ether oxygens (including phenoxy) is 2. The molecule has 0 N–H and O–H groups in total. The molecule has 0 bridgehead atoms. The van der Waals surface area contributed by atoms with E-state index < -0.39 is 0 Å². The van der Waals surface area contributed by atoms with Gasteiger partial charge in [-0.3, -0.25) is 4.79 Å². The second kappa shape index (κ2) is 6.67. The molecule has 5 nitrogen and oxygen atoms in total. The number of carbonyl (C=O) groups excluding carboxylic acids is 1. The van der Waals surface area contributed by atoms with E-state index in [4.69, 9.17) is 9.47 Å². The summed E-state index contributed by atoms with van der Waals surface area (Å²) in [6, 6.07) is 5.86. The first kappa shape index (κ1) is 15.3. The predicted molar refractivity (Wildman–Crippen MR) is 84.5 cm³/mol. The Hall–Kier alpha value is -1.59. The maximum atomic E-state index is 12.8. The van der Waals surface area contributed by atoms with E-state index in [-0.39, 0.29) is 12.0 Å². The van der Waals surface area contributed by atoms with Gasteiger partial charge in [0.25, 0.3) is 5.91 Å². The Morgan fingerprint density at radius 3 is 3.05 bits per heavy atom. The fraction of sp³-hybridized carbons (Fsp3) is 0.588. The number of morpholine rings is 1. The Balaban J connectivity index is 1.68. The summed E-state index contributed by atoms with van der Waals surface area (Å²) in [6.45, 7) is 3.57. The van der Waals surface area contributed by atoms with E-state index in [0.29, 0.717) is 31.9 Å². The van der Waals surface area contributed by atoms with E-state index >= 15 is 0 Å². The molecule has 0 radical (unpaired) electrons. The highest BCUT2D eigenvalue weighted by molar-refractivity contribution is 5.97. The largest absolute Gasteiger partial charge is 0.492 e. The second-order valence-electron chi connectivity index (χ2n) is 6.23. The number of hydrogen-bond acceptors (Lipinski definition) is 4. The van der Waals surface area contributed by atoms with Gasteiger partial charge in [-0.1, -0.05) is 12.1 Å². The molecule has 1 amide bonds. The third-order valence-electron chi connectivity index (χ3n) is 4.27. The minimum Gasteiger partial charge on any atom is -0.492 e. The Bertz CT molecular complexity index is 545. The number of amides is 1. The lowest BCUT2D eigenvalue weighted by molar-refractivity contribution is -0.0270. The van der Waals surface area contributed by atoms with Gasteiger partial charge >= 0.3 is 0 Å². The fourth-order valence-corrected chi connectivity index (χ4v) is 3.03. The Kier molecular flexibility index (Phi) is 4.64. The lowest BCUT2D eigenvalue weighted by atomic mass is 10.1. The zero-order valence-corrected chi connectivity index (χ0v) is 13.4. The average molecular weight is 304 g/mol. The van der Waals surface area contributed by atoms with Crippen molar-refractivity contribution in [1.82, 2.24) is 9.80 Å². The molecule has 120 valence electrons. The molecule has 5 heteroatoms. The van der Waals surface area contributed by atoms with Crippen LogP contribution < -0.4 is 4.74 Å². The van der Waals surface area contributed by atoms with E-state index in [1.807, 2.05) is 23.1 Å². The van der Waals surface area contributed by atoms with Gasteiger partial charge in [-0.2, -0.15) is 0 Å². The maximum absolute atomic E-state index is 12.8. The summed E-state index contributed by atoms with van der Waals surface area (Å²) in [4.78, 5) is 16.9. The summed E-state index contributed by atoms with van der Waals surface area (Å²) in [6.07, 6.45) is 1.96. The monoisotopic (exact) mass is 304 g/mol. The zero-order chi connectivity index (χ0) is 15.5. The van der Waals surface area contributed by atoms with Gasteiger partial charge in [0.2, 0.25) is 0 Å². The van der Waals surface area contributed by atoms with E-state index in [0.717, 1.165) is 30.7 Å². The van der Waals surface area contributed by atoms with E-state index in [1.54, 1.807) is 0 Å². The van der Waals surface area contributed by atoms with Crippen LogP contribution in [0.3, 0.4) is 0 Å². The van der Waals surface area contributed by atoms with Crippen LogP contribution in [0.5, 0.6) is 5.75 Å². The standard InChI is InChI=1S/C17H24N2O3/c1-18(2)8-6-14-12-19(9-11-21-14)17(20)15-5-3-4-13-7-10-22-16(13)15/h3-5,14H,6-12H2,1-2H3/t14-/m1/s1. The minimum atomic E-state index is 0.0666. The summed E-state index contributed by atoms with van der Waals surface area (Å²) < 4.78 is 11.4. The first-order chi connectivity index (χ1) is 10.6. The van der Waals surface area contributed by atoms with E-state index in [9.17, 15) is 4.79 Å². The third-order valence-corrected chi connectivity index (χ3v) is 4.27. The number of hydrogen-bond donors (Lipinski definition) is 0. The van der Waals surface area contributed by atoms with Crippen molar-refractivity contribution in [2.24, 2.45) is 0 Å². The SMILES string of the molecule is CN(C)CC[C@@H]1CN(C(=O)c2cccc3c2OCC3)CCO1. The van der Waals surface area contributed by atoms with Crippen molar-refractivity contribution in [3.05, 3.63) is 29.3 Å². The van der Waals surface area contributed by atoms with Crippen LogP contribution >= 0.6 is 0 Å². The average Bonchev–Trinajstić information content (AvgIpc) is 3.01. The Morgan fingerprint density at radius 1 is 1.36 bits per heavy atom. The molecular weight excluding hydrogens is 280 g/mol. The third kappa shape index (κ3) is 3.25. The number of carbonyl (C=O) groups is 1. The summed E-state index contributed by atoms with van der Waals surface area (Å²) in [5.41, 5.74) is 1.84. The highest BCUT2D eigenvalue weighted by Gasteiger charge is 2.28. The molecule has 1 saturated heterocycles. The number of nitrogens with zero attached hydrogens (tertiary/aromatic N) is 2. The molecule has 1 atom stereocenters. The van der Waals surface area contributed by atoms with Crippen LogP contribution in [0, 0.1) is 0 Å². The van der Waals surface area contributed by atoms with Gasteiger partial charge in [0, 0.05) is 26.1 Å². The summed E-state index contributed by atoms with van der Waals surface area (Å²) >= 11 is 0. The molecule has 0 aliphatic carbocycles. The van der Waals surface area contributed by atoms with Gasteiger partial charge < -0.3 is 19.3 Å². The number of benzene rings is 1. The second-order valence-corrected chi connectivity index (χ2v) is 6.23. The number of rotatable bonds is 4. The smallest absolute Gasteiger partial charge is 0.257 e. The first-order valence-electron chi connectivity index (χ1n) is 7.95. The lowest BCUT2D eigenvalue weighted by Gasteiger charge is -2.33. The Morgan fingerprint density at radius 2 is 2.23 bits per heavy atom. The van der Waals surface area contributed by atoms with Crippen LogP contribution in [0.25, 0.3) is 0 Å². The van der Waals surface area contributed by atoms with Crippen LogP contribution in [0.15, 0.2) is 18.2 Å². The van der Waals surface area contributed by atoms with Crippen LogP contribution in [0.1, 0.15) is 22.3 Å². The van der Waals surface area contributed by atoms with E-state index in [2.05, 4.69) is 19.0 Å². The normalized spacial score (nSPS) is 20.9. The maximum Gasteiger partial charge on any atom is 0.257 e. The summed E-state index contributed by atoms with van der Waals surface area (Å²) in [5, 5.41) is 0. The van der Waals surface area contributed by atoms with Gasteiger partial charge in [-0.15, -0.1) is 0 Å². The van der Waals surface area contributed by atoms with Crippen molar-refractivity contribution in [3.8, 4) is 5.75 Å². The molecule has 1 fully saturated rings. The van der Waals surface area contributed by atoms with Crippen LogP contribution in [0.2, 0.25) is 0 Å². The van der Waals surface area contributed by atoms with Crippen LogP contribution in [0.4, 0.5) is 0 Å². The molecule has 1 aromatic carbocycles. The molecule has 3 rings (SSSR count). The van der Waals surface area contributed by atoms with Crippen molar-refractivity contribution in [1.29, 1.82) is 0 Å². The fourth-order valence-electron chi connectivity index (χ4n) is 3.03.